The van der Waals surface area contributed by atoms with E-state index in [2.05, 4.69) is 10.1 Å². The number of aromatic nitrogens is 3. The van der Waals surface area contributed by atoms with Gasteiger partial charge in [-0.05, 0) is 20.3 Å². The standard InChI is InChI=1S/C9H13N3O/c1-6-10-7(2)12(11-6)8-3-4-9(13)5-8/h8H,3-5H2,1-2H3. The van der Waals surface area contributed by atoms with E-state index in [1.165, 1.54) is 0 Å². The third-order valence-electron chi connectivity index (χ3n) is 2.47. The molecule has 0 N–H and O–H groups in total. The van der Waals surface area contributed by atoms with Gasteiger partial charge in [0.1, 0.15) is 17.4 Å². The maximum Gasteiger partial charge on any atom is 0.147 e. The van der Waals surface area contributed by atoms with Crippen LogP contribution in [-0.4, -0.2) is 20.5 Å². The number of aryl methyl sites for hydroxylation is 2. The molecule has 0 spiro atoms. The summed E-state index contributed by atoms with van der Waals surface area (Å²) < 4.78 is 1.89. The van der Waals surface area contributed by atoms with Gasteiger partial charge in [0, 0.05) is 12.8 Å². The molecule has 4 nitrogen and oxygen atoms in total. The number of rotatable bonds is 1. The SMILES string of the molecule is Cc1nc(C)n(C2CCC(=O)C2)n1. The van der Waals surface area contributed by atoms with E-state index in [1.807, 2.05) is 18.5 Å². The summed E-state index contributed by atoms with van der Waals surface area (Å²) in [4.78, 5) is 15.3. The maximum atomic E-state index is 11.1. The Kier molecular flexibility index (Phi) is 1.90. The minimum absolute atomic E-state index is 0.258. The Hall–Kier alpha value is -1.19. The fraction of sp³-hybridized carbons (Fsp3) is 0.667. The Morgan fingerprint density at radius 2 is 2.23 bits per heavy atom. The zero-order valence-corrected chi connectivity index (χ0v) is 7.95. The Bertz CT molecular complexity index is 343. The van der Waals surface area contributed by atoms with Crippen LogP contribution in [0.3, 0.4) is 0 Å². The van der Waals surface area contributed by atoms with Gasteiger partial charge in [-0.3, -0.25) is 4.79 Å². The van der Waals surface area contributed by atoms with E-state index in [0.717, 1.165) is 18.1 Å². The number of hydrogen-bond donors (Lipinski definition) is 0. The summed E-state index contributed by atoms with van der Waals surface area (Å²) in [6, 6.07) is 0.258. The third-order valence-corrected chi connectivity index (χ3v) is 2.47. The fourth-order valence-electron chi connectivity index (χ4n) is 1.89. The van der Waals surface area contributed by atoms with Crippen molar-refractivity contribution < 1.29 is 4.79 Å². The third kappa shape index (κ3) is 1.48. The predicted molar refractivity (Wildman–Crippen MR) is 47.4 cm³/mol. The van der Waals surface area contributed by atoms with Crippen molar-refractivity contribution in [3.63, 3.8) is 0 Å². The van der Waals surface area contributed by atoms with Gasteiger partial charge in [-0.25, -0.2) is 9.67 Å². The van der Waals surface area contributed by atoms with Crippen molar-refractivity contribution in [2.75, 3.05) is 0 Å². The molecule has 0 radical (unpaired) electrons. The van der Waals surface area contributed by atoms with E-state index in [4.69, 9.17) is 0 Å². The number of ketones is 1. The van der Waals surface area contributed by atoms with E-state index >= 15 is 0 Å². The number of nitrogens with zero attached hydrogens (tertiary/aromatic N) is 3. The minimum Gasteiger partial charge on any atom is -0.300 e. The van der Waals surface area contributed by atoms with E-state index in [0.29, 0.717) is 18.6 Å². The highest BCUT2D eigenvalue weighted by Gasteiger charge is 2.25. The molecule has 0 saturated heterocycles. The molecular weight excluding hydrogens is 166 g/mol. The molecule has 1 aromatic heterocycles. The van der Waals surface area contributed by atoms with Crippen molar-refractivity contribution in [3.05, 3.63) is 11.6 Å². The lowest BCUT2D eigenvalue weighted by molar-refractivity contribution is -0.117. The molecule has 1 aromatic rings. The second-order valence-corrected chi connectivity index (χ2v) is 3.59. The van der Waals surface area contributed by atoms with Gasteiger partial charge >= 0.3 is 0 Å². The molecular formula is C9H13N3O. The van der Waals surface area contributed by atoms with Gasteiger partial charge in [-0.15, -0.1) is 0 Å². The van der Waals surface area contributed by atoms with E-state index in [-0.39, 0.29) is 6.04 Å². The van der Waals surface area contributed by atoms with Crippen molar-refractivity contribution in [2.24, 2.45) is 0 Å². The van der Waals surface area contributed by atoms with Crippen LogP contribution in [0.2, 0.25) is 0 Å². The second kappa shape index (κ2) is 2.94. The zero-order chi connectivity index (χ0) is 9.42. The molecule has 0 amide bonds. The lowest BCUT2D eigenvalue weighted by Gasteiger charge is -2.09. The summed E-state index contributed by atoms with van der Waals surface area (Å²) >= 11 is 0. The summed E-state index contributed by atoms with van der Waals surface area (Å²) in [6.07, 6.45) is 2.25. The first-order valence-electron chi connectivity index (χ1n) is 4.58. The lowest BCUT2D eigenvalue weighted by Crippen LogP contribution is -2.09. The molecule has 1 atom stereocenters. The molecule has 1 saturated carbocycles. The number of Topliss-reactive ketones (excluding diaryl/α,β-unsaturated/α-hetero) is 1. The molecule has 70 valence electrons. The summed E-state index contributed by atoms with van der Waals surface area (Å²) in [5, 5.41) is 4.28. The molecule has 0 aromatic carbocycles. The van der Waals surface area contributed by atoms with Crippen molar-refractivity contribution in [1.82, 2.24) is 14.8 Å². The molecule has 4 heteroatoms. The summed E-state index contributed by atoms with van der Waals surface area (Å²) in [7, 11) is 0. The van der Waals surface area contributed by atoms with Gasteiger partial charge in [0.15, 0.2) is 0 Å². The van der Waals surface area contributed by atoms with Gasteiger partial charge in [0.25, 0.3) is 0 Å². The highest BCUT2D eigenvalue weighted by molar-refractivity contribution is 5.80. The highest BCUT2D eigenvalue weighted by atomic mass is 16.1. The molecule has 1 aliphatic carbocycles. The Balaban J connectivity index is 2.25. The van der Waals surface area contributed by atoms with Crippen LogP contribution in [0.5, 0.6) is 0 Å². The molecule has 1 aliphatic rings. The fourth-order valence-corrected chi connectivity index (χ4v) is 1.89. The molecule has 1 unspecified atom stereocenters. The van der Waals surface area contributed by atoms with Gasteiger partial charge in [-0.2, -0.15) is 5.10 Å². The van der Waals surface area contributed by atoms with Gasteiger partial charge in [-0.1, -0.05) is 0 Å². The van der Waals surface area contributed by atoms with E-state index < -0.39 is 0 Å². The molecule has 1 fully saturated rings. The van der Waals surface area contributed by atoms with Crippen LogP contribution in [0.4, 0.5) is 0 Å². The smallest absolute Gasteiger partial charge is 0.147 e. The number of carbonyl (C=O) groups is 1. The average molecular weight is 179 g/mol. The van der Waals surface area contributed by atoms with Crippen LogP contribution in [0.15, 0.2) is 0 Å². The van der Waals surface area contributed by atoms with E-state index in [9.17, 15) is 4.79 Å². The van der Waals surface area contributed by atoms with Crippen LogP contribution in [0, 0.1) is 13.8 Å². The Morgan fingerprint density at radius 3 is 2.69 bits per heavy atom. The van der Waals surface area contributed by atoms with Gasteiger partial charge in [0.05, 0.1) is 6.04 Å². The Labute approximate surface area is 77.0 Å². The Morgan fingerprint density at radius 1 is 1.46 bits per heavy atom. The summed E-state index contributed by atoms with van der Waals surface area (Å²) in [5.74, 6) is 2.05. The van der Waals surface area contributed by atoms with Crippen LogP contribution >= 0.6 is 0 Å². The molecule has 2 rings (SSSR count). The second-order valence-electron chi connectivity index (χ2n) is 3.59. The van der Waals surface area contributed by atoms with Crippen LogP contribution in [0.1, 0.15) is 37.0 Å². The molecule has 0 bridgehead atoms. The van der Waals surface area contributed by atoms with Crippen LogP contribution in [0.25, 0.3) is 0 Å². The monoisotopic (exact) mass is 179 g/mol. The summed E-state index contributed by atoms with van der Waals surface area (Å²) in [6.45, 7) is 3.81. The number of carbonyl (C=O) groups excluding carboxylic acids is 1. The molecule has 0 aliphatic heterocycles. The topological polar surface area (TPSA) is 47.8 Å². The number of hydrogen-bond acceptors (Lipinski definition) is 3. The van der Waals surface area contributed by atoms with Crippen molar-refractivity contribution in [1.29, 1.82) is 0 Å². The van der Waals surface area contributed by atoms with Crippen molar-refractivity contribution in [3.8, 4) is 0 Å². The van der Waals surface area contributed by atoms with Gasteiger partial charge in [0.2, 0.25) is 0 Å². The lowest BCUT2D eigenvalue weighted by atomic mass is 10.2. The predicted octanol–water partition coefficient (Wildman–Crippen LogP) is 1.19. The zero-order valence-electron chi connectivity index (χ0n) is 7.95. The van der Waals surface area contributed by atoms with Crippen LogP contribution < -0.4 is 0 Å². The highest BCUT2D eigenvalue weighted by Crippen LogP contribution is 2.26. The molecule has 13 heavy (non-hydrogen) atoms. The normalized spacial score (nSPS) is 22.6. The van der Waals surface area contributed by atoms with Crippen molar-refractivity contribution in [2.45, 2.75) is 39.2 Å². The molecule has 1 heterocycles. The van der Waals surface area contributed by atoms with Crippen molar-refractivity contribution >= 4 is 5.78 Å². The summed E-state index contributed by atoms with van der Waals surface area (Å²) in [5.41, 5.74) is 0. The first kappa shape index (κ1) is 8.41. The largest absolute Gasteiger partial charge is 0.300 e. The van der Waals surface area contributed by atoms with Gasteiger partial charge < -0.3 is 0 Å². The first-order valence-corrected chi connectivity index (χ1v) is 4.58. The maximum absolute atomic E-state index is 11.1. The first-order chi connectivity index (χ1) is 6.16. The average Bonchev–Trinajstić information content (AvgIpc) is 2.58. The van der Waals surface area contributed by atoms with Crippen LogP contribution in [-0.2, 0) is 4.79 Å². The minimum atomic E-state index is 0.258. The van der Waals surface area contributed by atoms with E-state index in [1.54, 1.807) is 0 Å². The quantitative estimate of drug-likeness (QED) is 0.650.